The van der Waals surface area contributed by atoms with Crippen LogP contribution in [0.1, 0.15) is 40.0 Å². The Bertz CT molecular complexity index is 244. The molecule has 5 unspecified atom stereocenters. The topological polar surface area (TPSA) is 38.5 Å². The highest BCUT2D eigenvalue weighted by Gasteiger charge is 2.32. The van der Waals surface area contributed by atoms with E-state index in [-0.39, 0.29) is 12.1 Å². The zero-order chi connectivity index (χ0) is 12.4. The van der Waals surface area contributed by atoms with Gasteiger partial charge in [-0.25, -0.2) is 0 Å². The highest BCUT2D eigenvalue weighted by Crippen LogP contribution is 2.32. The van der Waals surface area contributed by atoms with Crippen molar-refractivity contribution in [2.45, 2.75) is 58.2 Å². The minimum atomic E-state index is 0.151. The molecule has 2 rings (SSSR count). The van der Waals surface area contributed by atoms with Gasteiger partial charge in [0.15, 0.2) is 0 Å². The van der Waals surface area contributed by atoms with Gasteiger partial charge < -0.3 is 10.5 Å². The SMILES string of the molecule is CC(N)C1CN(C2CCC(C)C(C)C2)CCO1. The van der Waals surface area contributed by atoms with E-state index in [4.69, 9.17) is 10.5 Å². The van der Waals surface area contributed by atoms with Crippen LogP contribution in [0.15, 0.2) is 0 Å². The first-order chi connectivity index (χ1) is 8.08. The normalized spacial score (nSPS) is 42.4. The third-order valence-corrected chi connectivity index (χ3v) is 4.80. The summed E-state index contributed by atoms with van der Waals surface area (Å²) in [6.07, 6.45) is 4.33. The van der Waals surface area contributed by atoms with Crippen molar-refractivity contribution in [3.8, 4) is 0 Å². The molecule has 1 saturated heterocycles. The van der Waals surface area contributed by atoms with Crippen LogP contribution in [0.3, 0.4) is 0 Å². The van der Waals surface area contributed by atoms with Crippen molar-refractivity contribution in [1.29, 1.82) is 0 Å². The van der Waals surface area contributed by atoms with E-state index >= 15 is 0 Å². The average Bonchev–Trinajstić information content (AvgIpc) is 2.33. The molecule has 2 aliphatic rings. The summed E-state index contributed by atoms with van der Waals surface area (Å²) in [5.74, 6) is 1.77. The fraction of sp³-hybridized carbons (Fsp3) is 1.00. The molecule has 0 bridgehead atoms. The monoisotopic (exact) mass is 240 g/mol. The van der Waals surface area contributed by atoms with E-state index in [2.05, 4.69) is 25.7 Å². The molecule has 0 amide bonds. The molecule has 5 atom stereocenters. The maximum absolute atomic E-state index is 5.96. The van der Waals surface area contributed by atoms with Crippen molar-refractivity contribution in [2.75, 3.05) is 19.7 Å². The summed E-state index contributed by atoms with van der Waals surface area (Å²) >= 11 is 0. The Morgan fingerprint density at radius 3 is 2.65 bits per heavy atom. The second-order valence-corrected chi connectivity index (χ2v) is 6.18. The van der Waals surface area contributed by atoms with Gasteiger partial charge in [-0.1, -0.05) is 13.8 Å². The molecule has 1 aliphatic carbocycles. The second-order valence-electron chi connectivity index (χ2n) is 6.18. The first kappa shape index (κ1) is 13.3. The van der Waals surface area contributed by atoms with E-state index < -0.39 is 0 Å². The van der Waals surface area contributed by atoms with Gasteiger partial charge in [-0.15, -0.1) is 0 Å². The largest absolute Gasteiger partial charge is 0.374 e. The number of morpholine rings is 1. The highest BCUT2D eigenvalue weighted by molar-refractivity contribution is 4.86. The van der Waals surface area contributed by atoms with Crippen LogP contribution in [0.5, 0.6) is 0 Å². The maximum Gasteiger partial charge on any atom is 0.0850 e. The van der Waals surface area contributed by atoms with E-state index in [9.17, 15) is 0 Å². The molecule has 0 aromatic rings. The Hall–Kier alpha value is -0.120. The van der Waals surface area contributed by atoms with Crippen LogP contribution in [0.25, 0.3) is 0 Å². The molecule has 1 saturated carbocycles. The van der Waals surface area contributed by atoms with Crippen molar-refractivity contribution in [1.82, 2.24) is 4.90 Å². The number of rotatable bonds is 2. The second kappa shape index (κ2) is 5.68. The maximum atomic E-state index is 5.96. The molecule has 1 aliphatic heterocycles. The molecule has 2 fully saturated rings. The lowest BCUT2D eigenvalue weighted by Crippen LogP contribution is -2.53. The molecule has 0 radical (unpaired) electrons. The number of hydrogen-bond donors (Lipinski definition) is 1. The Morgan fingerprint density at radius 1 is 1.24 bits per heavy atom. The molecule has 3 heteroatoms. The molecule has 100 valence electrons. The minimum absolute atomic E-state index is 0.151. The van der Waals surface area contributed by atoms with Crippen molar-refractivity contribution < 1.29 is 4.74 Å². The number of nitrogens with zero attached hydrogens (tertiary/aromatic N) is 1. The Labute approximate surface area is 106 Å². The smallest absolute Gasteiger partial charge is 0.0850 e. The van der Waals surface area contributed by atoms with Gasteiger partial charge in [-0.2, -0.15) is 0 Å². The lowest BCUT2D eigenvalue weighted by Gasteiger charge is -2.43. The first-order valence-electron chi connectivity index (χ1n) is 7.19. The number of hydrogen-bond acceptors (Lipinski definition) is 3. The molecule has 2 N–H and O–H groups in total. The minimum Gasteiger partial charge on any atom is -0.374 e. The van der Waals surface area contributed by atoms with Crippen LogP contribution in [-0.2, 0) is 4.74 Å². The fourth-order valence-corrected chi connectivity index (χ4v) is 3.20. The molecule has 17 heavy (non-hydrogen) atoms. The molecule has 0 spiro atoms. The third kappa shape index (κ3) is 3.21. The molecular formula is C14H28N2O. The van der Waals surface area contributed by atoms with Gasteiger partial charge in [0.1, 0.15) is 0 Å². The summed E-state index contributed by atoms with van der Waals surface area (Å²) < 4.78 is 5.74. The zero-order valence-electron chi connectivity index (χ0n) is 11.6. The standard InChI is InChI=1S/C14H28N2O/c1-10-4-5-13(8-11(10)2)16-6-7-17-14(9-16)12(3)15/h10-14H,4-9,15H2,1-3H3. The average molecular weight is 240 g/mol. The Balaban J connectivity index is 1.89. The molecule has 3 nitrogen and oxygen atoms in total. The van der Waals surface area contributed by atoms with Crippen LogP contribution >= 0.6 is 0 Å². The van der Waals surface area contributed by atoms with Gasteiger partial charge >= 0.3 is 0 Å². The lowest BCUT2D eigenvalue weighted by atomic mass is 9.78. The van der Waals surface area contributed by atoms with Crippen molar-refractivity contribution in [2.24, 2.45) is 17.6 Å². The summed E-state index contributed by atoms with van der Waals surface area (Å²) in [5, 5.41) is 0. The van der Waals surface area contributed by atoms with E-state index in [1.165, 1.54) is 19.3 Å². The number of nitrogens with two attached hydrogens (primary N) is 1. The Kier molecular flexibility index (Phi) is 4.45. The first-order valence-corrected chi connectivity index (χ1v) is 7.19. The summed E-state index contributed by atoms with van der Waals surface area (Å²) in [4.78, 5) is 2.62. The Morgan fingerprint density at radius 2 is 2.00 bits per heavy atom. The summed E-state index contributed by atoms with van der Waals surface area (Å²) in [5.41, 5.74) is 5.96. The van der Waals surface area contributed by atoms with Crippen LogP contribution in [0.4, 0.5) is 0 Å². The molecule has 0 aromatic carbocycles. The predicted octanol–water partition coefficient (Wildman–Crippen LogP) is 1.86. The van der Waals surface area contributed by atoms with E-state index in [1.54, 1.807) is 0 Å². The van der Waals surface area contributed by atoms with Crippen LogP contribution in [0, 0.1) is 11.8 Å². The van der Waals surface area contributed by atoms with Crippen LogP contribution in [0.2, 0.25) is 0 Å². The number of ether oxygens (including phenoxy) is 1. The van der Waals surface area contributed by atoms with E-state index in [1.807, 2.05) is 0 Å². The highest BCUT2D eigenvalue weighted by atomic mass is 16.5. The summed E-state index contributed by atoms with van der Waals surface area (Å²) in [6, 6.07) is 0.920. The van der Waals surface area contributed by atoms with Crippen molar-refractivity contribution >= 4 is 0 Å². The van der Waals surface area contributed by atoms with Gasteiger partial charge in [-0.05, 0) is 38.0 Å². The molecular weight excluding hydrogens is 212 g/mol. The van der Waals surface area contributed by atoms with Gasteiger partial charge in [0.2, 0.25) is 0 Å². The summed E-state index contributed by atoms with van der Waals surface area (Å²) in [6.45, 7) is 9.83. The van der Waals surface area contributed by atoms with Crippen molar-refractivity contribution in [3.05, 3.63) is 0 Å². The van der Waals surface area contributed by atoms with E-state index in [0.717, 1.165) is 37.6 Å². The molecule has 1 heterocycles. The fourth-order valence-electron chi connectivity index (χ4n) is 3.20. The van der Waals surface area contributed by atoms with Gasteiger partial charge in [0, 0.05) is 25.2 Å². The van der Waals surface area contributed by atoms with E-state index in [0.29, 0.717) is 0 Å². The van der Waals surface area contributed by atoms with Gasteiger partial charge in [0.25, 0.3) is 0 Å². The summed E-state index contributed by atoms with van der Waals surface area (Å²) in [7, 11) is 0. The third-order valence-electron chi connectivity index (χ3n) is 4.80. The zero-order valence-corrected chi connectivity index (χ0v) is 11.6. The van der Waals surface area contributed by atoms with Crippen LogP contribution < -0.4 is 5.73 Å². The lowest BCUT2D eigenvalue weighted by molar-refractivity contribution is -0.0608. The van der Waals surface area contributed by atoms with Gasteiger partial charge in [-0.3, -0.25) is 4.90 Å². The van der Waals surface area contributed by atoms with Crippen molar-refractivity contribution in [3.63, 3.8) is 0 Å². The predicted molar refractivity (Wildman–Crippen MR) is 70.9 cm³/mol. The quantitative estimate of drug-likeness (QED) is 0.800. The molecule has 0 aromatic heterocycles. The van der Waals surface area contributed by atoms with Gasteiger partial charge in [0.05, 0.1) is 12.7 Å². The van der Waals surface area contributed by atoms with Crippen LogP contribution in [-0.4, -0.2) is 42.8 Å².